The van der Waals surface area contributed by atoms with Crippen LogP contribution in [-0.2, 0) is 11.2 Å². The van der Waals surface area contributed by atoms with Crippen molar-refractivity contribution >= 4 is 17.7 Å². The SMILES string of the molecule is Cc1ccc(CCCNC(=O)[C@@H](C)Sc2ccccc2)cc1. The molecule has 0 saturated heterocycles. The molecular formula is C19H23NOS. The lowest BCUT2D eigenvalue weighted by molar-refractivity contribution is -0.120. The number of rotatable bonds is 7. The molecule has 0 radical (unpaired) electrons. The van der Waals surface area contributed by atoms with E-state index in [2.05, 4.69) is 36.5 Å². The standard InChI is InChI=1S/C19H23NOS/c1-15-10-12-17(13-11-15)7-6-14-20-19(21)16(2)22-18-8-4-3-5-9-18/h3-5,8-13,16H,6-7,14H2,1-2H3,(H,20,21)/t16-/m1/s1. The van der Waals surface area contributed by atoms with Gasteiger partial charge in [0.1, 0.15) is 0 Å². The maximum Gasteiger partial charge on any atom is 0.233 e. The molecule has 0 aromatic heterocycles. The molecule has 1 amide bonds. The molecule has 2 aromatic carbocycles. The zero-order valence-electron chi connectivity index (χ0n) is 13.2. The van der Waals surface area contributed by atoms with Crippen molar-refractivity contribution in [2.75, 3.05) is 6.54 Å². The molecule has 0 heterocycles. The van der Waals surface area contributed by atoms with Crippen LogP contribution in [0.1, 0.15) is 24.5 Å². The molecule has 2 rings (SSSR count). The number of thioether (sulfide) groups is 1. The summed E-state index contributed by atoms with van der Waals surface area (Å²) in [5.74, 6) is 0.109. The summed E-state index contributed by atoms with van der Waals surface area (Å²) in [4.78, 5) is 13.2. The predicted molar refractivity (Wildman–Crippen MR) is 94.3 cm³/mol. The van der Waals surface area contributed by atoms with Crippen LogP contribution in [0.5, 0.6) is 0 Å². The van der Waals surface area contributed by atoms with Crippen LogP contribution >= 0.6 is 11.8 Å². The molecule has 0 fully saturated rings. The van der Waals surface area contributed by atoms with Gasteiger partial charge in [-0.1, -0.05) is 48.0 Å². The average molecular weight is 313 g/mol. The summed E-state index contributed by atoms with van der Waals surface area (Å²) in [7, 11) is 0. The van der Waals surface area contributed by atoms with Crippen LogP contribution in [0.25, 0.3) is 0 Å². The van der Waals surface area contributed by atoms with Gasteiger partial charge in [0.05, 0.1) is 5.25 Å². The molecule has 116 valence electrons. The number of nitrogens with one attached hydrogen (secondary N) is 1. The van der Waals surface area contributed by atoms with Crippen LogP contribution < -0.4 is 5.32 Å². The van der Waals surface area contributed by atoms with Gasteiger partial charge < -0.3 is 5.32 Å². The van der Waals surface area contributed by atoms with Gasteiger partial charge >= 0.3 is 0 Å². The Labute approximate surface area is 137 Å². The summed E-state index contributed by atoms with van der Waals surface area (Å²) >= 11 is 1.60. The van der Waals surface area contributed by atoms with Crippen molar-refractivity contribution in [3.8, 4) is 0 Å². The van der Waals surface area contributed by atoms with Gasteiger partial charge in [-0.3, -0.25) is 4.79 Å². The molecule has 2 nitrogen and oxygen atoms in total. The van der Waals surface area contributed by atoms with E-state index in [9.17, 15) is 4.79 Å². The highest BCUT2D eigenvalue weighted by Crippen LogP contribution is 2.22. The van der Waals surface area contributed by atoms with Crippen molar-refractivity contribution < 1.29 is 4.79 Å². The van der Waals surface area contributed by atoms with Crippen LogP contribution in [0.2, 0.25) is 0 Å². The van der Waals surface area contributed by atoms with E-state index < -0.39 is 0 Å². The number of carbonyl (C=O) groups is 1. The number of amides is 1. The second-order valence-electron chi connectivity index (χ2n) is 5.45. The third-order valence-corrected chi connectivity index (χ3v) is 4.60. The van der Waals surface area contributed by atoms with Crippen molar-refractivity contribution in [2.24, 2.45) is 0 Å². The highest BCUT2D eigenvalue weighted by atomic mass is 32.2. The molecule has 2 aromatic rings. The van der Waals surface area contributed by atoms with Gasteiger partial charge in [0.25, 0.3) is 0 Å². The minimum Gasteiger partial charge on any atom is -0.355 e. The second kappa shape index (κ2) is 8.64. The lowest BCUT2D eigenvalue weighted by atomic mass is 10.1. The summed E-state index contributed by atoms with van der Waals surface area (Å²) in [5.41, 5.74) is 2.61. The molecule has 1 atom stereocenters. The first-order valence-corrected chi connectivity index (χ1v) is 8.58. The van der Waals surface area contributed by atoms with Gasteiger partial charge in [0, 0.05) is 11.4 Å². The molecule has 1 N–H and O–H groups in total. The summed E-state index contributed by atoms with van der Waals surface area (Å²) in [6.45, 7) is 4.77. The molecular weight excluding hydrogens is 290 g/mol. The van der Waals surface area contributed by atoms with Crippen LogP contribution in [-0.4, -0.2) is 17.7 Å². The monoisotopic (exact) mass is 313 g/mol. The van der Waals surface area contributed by atoms with Crippen molar-refractivity contribution in [2.45, 2.75) is 36.8 Å². The Morgan fingerprint density at radius 3 is 2.45 bits per heavy atom. The number of hydrogen-bond donors (Lipinski definition) is 1. The Morgan fingerprint density at radius 1 is 1.09 bits per heavy atom. The van der Waals surface area contributed by atoms with Gasteiger partial charge in [0.2, 0.25) is 5.91 Å². The van der Waals surface area contributed by atoms with E-state index in [1.165, 1.54) is 11.1 Å². The predicted octanol–water partition coefficient (Wildman–Crippen LogP) is 4.22. The number of carbonyl (C=O) groups excluding carboxylic acids is 1. The Balaban J connectivity index is 1.67. The minimum atomic E-state index is -0.0678. The largest absolute Gasteiger partial charge is 0.355 e. The Kier molecular flexibility index (Phi) is 6.53. The molecule has 0 unspecified atom stereocenters. The van der Waals surface area contributed by atoms with Crippen molar-refractivity contribution in [3.05, 3.63) is 65.7 Å². The van der Waals surface area contributed by atoms with E-state index in [0.29, 0.717) is 0 Å². The quantitative estimate of drug-likeness (QED) is 0.612. The highest BCUT2D eigenvalue weighted by molar-refractivity contribution is 8.00. The van der Waals surface area contributed by atoms with E-state index in [0.717, 1.165) is 24.3 Å². The van der Waals surface area contributed by atoms with Crippen molar-refractivity contribution in [1.82, 2.24) is 5.32 Å². The molecule has 3 heteroatoms. The first-order chi connectivity index (χ1) is 10.6. The number of aryl methyl sites for hydroxylation is 2. The summed E-state index contributed by atoms with van der Waals surface area (Å²) in [6.07, 6.45) is 1.97. The van der Waals surface area contributed by atoms with Crippen LogP contribution in [0.4, 0.5) is 0 Å². The second-order valence-corrected chi connectivity index (χ2v) is 6.87. The molecule has 0 aliphatic carbocycles. The van der Waals surface area contributed by atoms with E-state index >= 15 is 0 Å². The van der Waals surface area contributed by atoms with E-state index in [4.69, 9.17) is 0 Å². The highest BCUT2D eigenvalue weighted by Gasteiger charge is 2.13. The first kappa shape index (κ1) is 16.6. The van der Waals surface area contributed by atoms with E-state index in [1.54, 1.807) is 11.8 Å². The van der Waals surface area contributed by atoms with Gasteiger partial charge in [0.15, 0.2) is 0 Å². The first-order valence-electron chi connectivity index (χ1n) is 7.70. The fourth-order valence-electron chi connectivity index (χ4n) is 2.16. The van der Waals surface area contributed by atoms with E-state index in [-0.39, 0.29) is 11.2 Å². The van der Waals surface area contributed by atoms with Gasteiger partial charge in [-0.2, -0.15) is 0 Å². The third-order valence-electron chi connectivity index (χ3n) is 3.49. The Morgan fingerprint density at radius 2 is 1.77 bits per heavy atom. The van der Waals surface area contributed by atoms with Gasteiger partial charge in [-0.05, 0) is 44.4 Å². The fourth-order valence-corrected chi connectivity index (χ4v) is 3.07. The lowest BCUT2D eigenvalue weighted by Crippen LogP contribution is -2.31. The number of benzene rings is 2. The maximum atomic E-state index is 12.1. The van der Waals surface area contributed by atoms with Crippen molar-refractivity contribution in [1.29, 1.82) is 0 Å². The van der Waals surface area contributed by atoms with Gasteiger partial charge in [-0.15, -0.1) is 11.8 Å². The smallest absolute Gasteiger partial charge is 0.233 e. The topological polar surface area (TPSA) is 29.1 Å². The Bertz CT molecular complexity index is 580. The molecule has 0 saturated carbocycles. The maximum absolute atomic E-state index is 12.1. The summed E-state index contributed by atoms with van der Waals surface area (Å²) in [6, 6.07) is 18.6. The van der Waals surface area contributed by atoms with Crippen LogP contribution in [0.3, 0.4) is 0 Å². The van der Waals surface area contributed by atoms with Gasteiger partial charge in [-0.25, -0.2) is 0 Å². The molecule has 0 bridgehead atoms. The van der Waals surface area contributed by atoms with Crippen LogP contribution in [0, 0.1) is 6.92 Å². The average Bonchev–Trinajstić information content (AvgIpc) is 2.54. The fraction of sp³-hybridized carbons (Fsp3) is 0.316. The van der Waals surface area contributed by atoms with Crippen molar-refractivity contribution in [3.63, 3.8) is 0 Å². The molecule has 0 spiro atoms. The summed E-state index contributed by atoms with van der Waals surface area (Å²) < 4.78 is 0. The summed E-state index contributed by atoms with van der Waals surface area (Å²) in [5, 5.41) is 2.96. The normalized spacial score (nSPS) is 11.9. The molecule has 0 aliphatic heterocycles. The lowest BCUT2D eigenvalue weighted by Gasteiger charge is -2.12. The Hall–Kier alpha value is -1.74. The van der Waals surface area contributed by atoms with E-state index in [1.807, 2.05) is 37.3 Å². The third kappa shape index (κ3) is 5.57. The molecule has 22 heavy (non-hydrogen) atoms. The molecule has 0 aliphatic rings. The zero-order chi connectivity index (χ0) is 15.8. The van der Waals surface area contributed by atoms with Crippen LogP contribution in [0.15, 0.2) is 59.5 Å². The zero-order valence-corrected chi connectivity index (χ0v) is 14.0. The number of hydrogen-bond acceptors (Lipinski definition) is 2. The minimum absolute atomic E-state index is 0.0678.